The van der Waals surface area contributed by atoms with Gasteiger partial charge < -0.3 is 4.74 Å². The summed E-state index contributed by atoms with van der Waals surface area (Å²) < 4.78 is 58.6. The first kappa shape index (κ1) is 19.4. The van der Waals surface area contributed by atoms with Gasteiger partial charge in [-0.05, 0) is 55.3 Å². The molecule has 1 saturated heterocycles. The van der Waals surface area contributed by atoms with E-state index in [1.807, 2.05) is 0 Å². The van der Waals surface area contributed by atoms with E-state index in [0.717, 1.165) is 16.4 Å². The van der Waals surface area contributed by atoms with E-state index in [4.69, 9.17) is 4.74 Å². The number of piperidine rings is 1. The Balaban J connectivity index is 1.70. The monoisotopic (exact) mass is 395 g/mol. The number of hydrogen-bond donors (Lipinski definition) is 0. The summed E-state index contributed by atoms with van der Waals surface area (Å²) in [6.45, 7) is 0.149. The number of halogens is 2. The van der Waals surface area contributed by atoms with Crippen molar-refractivity contribution in [3.05, 3.63) is 59.7 Å². The number of Topliss-reactive ketones (excluding diaryl/α,β-unsaturated/α-hetero) is 1. The Morgan fingerprint density at radius 3 is 2.30 bits per heavy atom. The van der Waals surface area contributed by atoms with E-state index in [1.54, 1.807) is 24.3 Å². The lowest BCUT2D eigenvalue weighted by atomic mass is 9.89. The van der Waals surface area contributed by atoms with Gasteiger partial charge in [-0.15, -0.1) is 0 Å². The van der Waals surface area contributed by atoms with Crippen LogP contribution in [0.5, 0.6) is 5.75 Å². The Morgan fingerprint density at radius 2 is 1.70 bits per heavy atom. The Morgan fingerprint density at radius 1 is 1.07 bits per heavy atom. The number of carbonyl (C=O) groups excluding carboxylic acids is 1. The van der Waals surface area contributed by atoms with Crippen molar-refractivity contribution in [2.24, 2.45) is 5.92 Å². The fraction of sp³-hybridized carbons (Fsp3) is 0.316. The molecule has 0 aliphatic carbocycles. The van der Waals surface area contributed by atoms with Crippen molar-refractivity contribution in [2.75, 3.05) is 20.2 Å². The number of benzene rings is 2. The normalized spacial score (nSPS) is 16.3. The highest BCUT2D eigenvalue weighted by Crippen LogP contribution is 2.28. The average Bonchev–Trinajstić information content (AvgIpc) is 2.69. The summed E-state index contributed by atoms with van der Waals surface area (Å²) in [5.74, 6) is -1.55. The minimum atomic E-state index is -4.15. The largest absolute Gasteiger partial charge is 0.497 e. The van der Waals surface area contributed by atoms with E-state index in [2.05, 4.69) is 0 Å². The summed E-state index contributed by atoms with van der Waals surface area (Å²) in [7, 11) is -2.61. The van der Waals surface area contributed by atoms with E-state index in [0.29, 0.717) is 30.2 Å². The predicted molar refractivity (Wildman–Crippen MR) is 95.2 cm³/mol. The zero-order valence-electron chi connectivity index (χ0n) is 14.7. The van der Waals surface area contributed by atoms with Crippen LogP contribution in [-0.2, 0) is 10.0 Å². The number of ether oxygens (including phenoxy) is 1. The summed E-state index contributed by atoms with van der Waals surface area (Å²) in [6.07, 6.45) is 0.641. The zero-order chi connectivity index (χ0) is 19.6. The standard InChI is InChI=1S/C19H19F2NO4S/c1-26-16-5-2-13(3-6-16)19(23)14-8-10-22(11-9-14)27(24,25)18-12-15(20)4-7-17(18)21/h2-7,12,14H,8-11H2,1H3. The fourth-order valence-electron chi connectivity index (χ4n) is 3.16. The quantitative estimate of drug-likeness (QED) is 0.729. The van der Waals surface area contributed by atoms with Crippen LogP contribution >= 0.6 is 0 Å². The van der Waals surface area contributed by atoms with Crippen LogP contribution < -0.4 is 4.74 Å². The highest BCUT2D eigenvalue weighted by Gasteiger charge is 2.34. The first-order valence-corrected chi connectivity index (χ1v) is 9.90. The molecule has 144 valence electrons. The van der Waals surface area contributed by atoms with Gasteiger partial charge in [0.2, 0.25) is 10.0 Å². The van der Waals surface area contributed by atoms with Crippen molar-refractivity contribution in [2.45, 2.75) is 17.7 Å². The molecule has 27 heavy (non-hydrogen) atoms. The van der Waals surface area contributed by atoms with Crippen LogP contribution in [0.4, 0.5) is 8.78 Å². The molecule has 1 heterocycles. The van der Waals surface area contributed by atoms with Crippen LogP contribution in [0.1, 0.15) is 23.2 Å². The smallest absolute Gasteiger partial charge is 0.246 e. The molecular formula is C19H19F2NO4S. The van der Waals surface area contributed by atoms with E-state index < -0.39 is 26.6 Å². The van der Waals surface area contributed by atoms with Crippen molar-refractivity contribution in [1.82, 2.24) is 4.31 Å². The molecule has 0 atom stereocenters. The molecule has 0 aromatic heterocycles. The highest BCUT2D eigenvalue weighted by molar-refractivity contribution is 7.89. The van der Waals surface area contributed by atoms with Gasteiger partial charge >= 0.3 is 0 Å². The first-order valence-electron chi connectivity index (χ1n) is 8.46. The number of ketones is 1. The lowest BCUT2D eigenvalue weighted by molar-refractivity contribution is 0.0875. The molecule has 0 spiro atoms. The van der Waals surface area contributed by atoms with Gasteiger partial charge in [-0.3, -0.25) is 4.79 Å². The molecule has 2 aromatic rings. The number of methoxy groups -OCH3 is 1. The molecule has 1 fully saturated rings. The second-order valence-electron chi connectivity index (χ2n) is 6.35. The van der Waals surface area contributed by atoms with Crippen LogP contribution in [0.25, 0.3) is 0 Å². The van der Waals surface area contributed by atoms with Crippen LogP contribution in [0, 0.1) is 17.6 Å². The van der Waals surface area contributed by atoms with E-state index in [-0.39, 0.29) is 24.8 Å². The second kappa shape index (κ2) is 7.74. The highest BCUT2D eigenvalue weighted by atomic mass is 32.2. The minimum Gasteiger partial charge on any atom is -0.497 e. The first-order chi connectivity index (χ1) is 12.8. The van der Waals surface area contributed by atoms with E-state index >= 15 is 0 Å². The van der Waals surface area contributed by atoms with Gasteiger partial charge in [0, 0.05) is 24.6 Å². The summed E-state index contributed by atoms with van der Waals surface area (Å²) in [5.41, 5.74) is 0.535. The number of carbonyl (C=O) groups is 1. The van der Waals surface area contributed by atoms with Crippen LogP contribution in [-0.4, -0.2) is 38.7 Å². The maximum atomic E-state index is 13.9. The summed E-state index contributed by atoms with van der Waals surface area (Å²) in [6, 6.07) is 9.08. The van der Waals surface area contributed by atoms with Gasteiger partial charge in [0.15, 0.2) is 5.78 Å². The topological polar surface area (TPSA) is 63.7 Å². The molecule has 2 aromatic carbocycles. The molecule has 0 radical (unpaired) electrons. The second-order valence-corrected chi connectivity index (χ2v) is 8.25. The molecule has 0 unspecified atom stereocenters. The third kappa shape index (κ3) is 4.01. The third-order valence-electron chi connectivity index (χ3n) is 4.71. The van der Waals surface area contributed by atoms with E-state index in [1.165, 1.54) is 7.11 Å². The van der Waals surface area contributed by atoms with Crippen molar-refractivity contribution >= 4 is 15.8 Å². The molecule has 3 rings (SSSR count). The molecule has 0 N–H and O–H groups in total. The van der Waals surface area contributed by atoms with Gasteiger partial charge in [-0.1, -0.05) is 0 Å². The van der Waals surface area contributed by atoms with Gasteiger partial charge in [-0.25, -0.2) is 17.2 Å². The zero-order valence-corrected chi connectivity index (χ0v) is 15.5. The van der Waals surface area contributed by atoms with Gasteiger partial charge in [-0.2, -0.15) is 4.31 Å². The van der Waals surface area contributed by atoms with E-state index in [9.17, 15) is 22.0 Å². The molecule has 8 heteroatoms. The predicted octanol–water partition coefficient (Wildman–Crippen LogP) is 3.26. The molecule has 0 bridgehead atoms. The number of hydrogen-bond acceptors (Lipinski definition) is 4. The maximum Gasteiger partial charge on any atom is 0.246 e. The summed E-state index contributed by atoms with van der Waals surface area (Å²) in [4.78, 5) is 11.9. The van der Waals surface area contributed by atoms with Crippen molar-refractivity contribution < 1.29 is 26.7 Å². The fourth-order valence-corrected chi connectivity index (χ4v) is 4.71. The lowest BCUT2D eigenvalue weighted by Gasteiger charge is -2.30. The minimum absolute atomic E-state index is 0.0633. The summed E-state index contributed by atoms with van der Waals surface area (Å²) in [5, 5.41) is 0. The van der Waals surface area contributed by atoms with Gasteiger partial charge in [0.1, 0.15) is 22.3 Å². The number of rotatable bonds is 5. The molecular weight excluding hydrogens is 376 g/mol. The molecule has 1 aliphatic heterocycles. The Labute approximate surface area is 156 Å². The number of nitrogens with zero attached hydrogens (tertiary/aromatic N) is 1. The SMILES string of the molecule is COc1ccc(C(=O)C2CCN(S(=O)(=O)c3cc(F)ccc3F)CC2)cc1. The third-order valence-corrected chi connectivity index (χ3v) is 6.62. The summed E-state index contributed by atoms with van der Waals surface area (Å²) >= 11 is 0. The molecule has 5 nitrogen and oxygen atoms in total. The Kier molecular flexibility index (Phi) is 5.57. The van der Waals surface area contributed by atoms with Gasteiger partial charge in [0.05, 0.1) is 7.11 Å². The molecule has 1 aliphatic rings. The molecule has 0 amide bonds. The Hall–Kier alpha value is -2.32. The lowest BCUT2D eigenvalue weighted by Crippen LogP contribution is -2.40. The van der Waals surface area contributed by atoms with Crippen LogP contribution in [0.15, 0.2) is 47.4 Å². The Bertz CT molecular complexity index is 937. The van der Waals surface area contributed by atoms with Gasteiger partial charge in [0.25, 0.3) is 0 Å². The maximum absolute atomic E-state index is 13.9. The number of sulfonamides is 1. The van der Waals surface area contributed by atoms with Crippen molar-refractivity contribution in [1.29, 1.82) is 0 Å². The average molecular weight is 395 g/mol. The van der Waals surface area contributed by atoms with Crippen LogP contribution in [0.3, 0.4) is 0 Å². The van der Waals surface area contributed by atoms with Crippen LogP contribution in [0.2, 0.25) is 0 Å². The van der Waals surface area contributed by atoms with Crippen molar-refractivity contribution in [3.8, 4) is 5.75 Å². The van der Waals surface area contributed by atoms with Crippen molar-refractivity contribution in [3.63, 3.8) is 0 Å². The molecule has 0 saturated carbocycles.